The van der Waals surface area contributed by atoms with E-state index in [9.17, 15) is 0 Å². The Morgan fingerprint density at radius 3 is 1.23 bits per heavy atom. The van der Waals surface area contributed by atoms with Gasteiger partial charge in [-0.15, -0.1) is 23.5 Å². The van der Waals surface area contributed by atoms with Crippen molar-refractivity contribution in [2.45, 2.75) is 98.6 Å². The van der Waals surface area contributed by atoms with E-state index in [2.05, 4.69) is 53.7 Å². The zero-order chi connectivity index (χ0) is 29.5. The molecule has 2 unspecified atom stereocenters. The zero-order valence-corrected chi connectivity index (χ0v) is 27.4. The van der Waals surface area contributed by atoms with Gasteiger partial charge in [-0.1, -0.05) is 54.4 Å². The van der Waals surface area contributed by atoms with E-state index in [1.54, 1.807) is 52.0 Å². The standard InChI is InChI=1S/C32H46N2O4S2/c1-31(2,3)39-29-17-27(37-9)25(35-7)15-21(29)19-33-23-13-11-12-14-24(23)34-20-22-16-26(36-8)28(38-10)18-30(22)40-32(4,5)6/h15-20,23-24H,11-14H2,1-10H3. The lowest BCUT2D eigenvalue weighted by molar-refractivity contribution is 0.354. The first-order valence-electron chi connectivity index (χ1n) is 13.8. The van der Waals surface area contributed by atoms with Crippen LogP contribution < -0.4 is 18.9 Å². The van der Waals surface area contributed by atoms with Crippen LogP contribution >= 0.6 is 23.5 Å². The van der Waals surface area contributed by atoms with Crippen LogP contribution in [0.25, 0.3) is 0 Å². The van der Waals surface area contributed by atoms with Crippen molar-refractivity contribution in [2.75, 3.05) is 28.4 Å². The van der Waals surface area contributed by atoms with Gasteiger partial charge in [0.15, 0.2) is 23.0 Å². The highest BCUT2D eigenvalue weighted by Gasteiger charge is 2.25. The number of thioether (sulfide) groups is 2. The third-order valence-corrected chi connectivity index (χ3v) is 8.74. The number of nitrogens with zero attached hydrogens (tertiary/aromatic N) is 2. The highest BCUT2D eigenvalue weighted by molar-refractivity contribution is 8.01. The van der Waals surface area contributed by atoms with E-state index in [-0.39, 0.29) is 21.6 Å². The summed E-state index contributed by atoms with van der Waals surface area (Å²) in [5.74, 6) is 2.87. The Kier molecular flexibility index (Phi) is 11.3. The van der Waals surface area contributed by atoms with Crippen LogP contribution in [-0.4, -0.2) is 62.4 Å². The van der Waals surface area contributed by atoms with Gasteiger partial charge in [0.05, 0.1) is 40.5 Å². The molecule has 2 aromatic rings. The van der Waals surface area contributed by atoms with Crippen LogP contribution in [0.5, 0.6) is 23.0 Å². The lowest BCUT2D eigenvalue weighted by atomic mass is 9.91. The Balaban J connectivity index is 1.94. The van der Waals surface area contributed by atoms with Crippen LogP contribution in [-0.2, 0) is 0 Å². The van der Waals surface area contributed by atoms with Crippen molar-refractivity contribution < 1.29 is 18.9 Å². The first-order chi connectivity index (χ1) is 18.9. The molecule has 0 amide bonds. The third kappa shape index (κ3) is 9.10. The van der Waals surface area contributed by atoms with Crippen molar-refractivity contribution in [1.82, 2.24) is 0 Å². The lowest BCUT2D eigenvalue weighted by Gasteiger charge is -2.26. The summed E-state index contributed by atoms with van der Waals surface area (Å²) in [6, 6.07) is 8.39. The molecule has 6 nitrogen and oxygen atoms in total. The summed E-state index contributed by atoms with van der Waals surface area (Å²) in [6.45, 7) is 13.3. The molecule has 8 heteroatoms. The Bertz CT molecular complexity index is 1110. The number of methoxy groups -OCH3 is 4. The van der Waals surface area contributed by atoms with Crippen LogP contribution in [0.1, 0.15) is 78.4 Å². The molecule has 0 N–H and O–H groups in total. The maximum Gasteiger partial charge on any atom is 0.161 e. The number of hydrogen-bond acceptors (Lipinski definition) is 8. The molecule has 220 valence electrons. The van der Waals surface area contributed by atoms with Gasteiger partial charge in [-0.2, -0.15) is 0 Å². The second-order valence-electron chi connectivity index (χ2n) is 11.9. The first kappa shape index (κ1) is 32.2. The summed E-state index contributed by atoms with van der Waals surface area (Å²) in [5, 5.41) is 0. The molecule has 1 saturated carbocycles. The summed E-state index contributed by atoms with van der Waals surface area (Å²) in [5.41, 5.74) is 2.07. The molecule has 0 heterocycles. The van der Waals surface area contributed by atoms with E-state index in [0.29, 0.717) is 11.5 Å². The third-order valence-electron chi connectivity index (χ3n) is 6.37. The van der Waals surface area contributed by atoms with Crippen LogP contribution in [0, 0.1) is 0 Å². The summed E-state index contributed by atoms with van der Waals surface area (Å²) in [7, 11) is 6.68. The summed E-state index contributed by atoms with van der Waals surface area (Å²) in [6.07, 6.45) is 8.36. The van der Waals surface area contributed by atoms with Gasteiger partial charge in [-0.25, -0.2) is 0 Å². The van der Waals surface area contributed by atoms with Crippen LogP contribution in [0.4, 0.5) is 0 Å². The van der Waals surface area contributed by atoms with Gasteiger partial charge in [0.2, 0.25) is 0 Å². The number of benzene rings is 2. The molecule has 1 aliphatic carbocycles. The molecule has 40 heavy (non-hydrogen) atoms. The molecule has 0 radical (unpaired) electrons. The van der Waals surface area contributed by atoms with Crippen molar-refractivity contribution in [2.24, 2.45) is 9.98 Å². The molecule has 2 aromatic carbocycles. The van der Waals surface area contributed by atoms with E-state index in [1.165, 1.54) is 0 Å². The first-order valence-corrected chi connectivity index (χ1v) is 15.5. The van der Waals surface area contributed by atoms with E-state index in [1.807, 2.05) is 24.6 Å². The van der Waals surface area contributed by atoms with Crippen molar-refractivity contribution in [3.8, 4) is 23.0 Å². The number of aliphatic imine (C=N–C) groups is 2. The molecule has 2 atom stereocenters. The van der Waals surface area contributed by atoms with Crippen molar-refractivity contribution in [3.05, 3.63) is 35.4 Å². The fraction of sp³-hybridized carbons (Fsp3) is 0.562. The maximum absolute atomic E-state index is 5.60. The lowest BCUT2D eigenvalue weighted by Crippen LogP contribution is -2.27. The topological polar surface area (TPSA) is 61.6 Å². The smallest absolute Gasteiger partial charge is 0.161 e. The van der Waals surface area contributed by atoms with Crippen molar-refractivity contribution >= 4 is 36.0 Å². The molecule has 0 aromatic heterocycles. The van der Waals surface area contributed by atoms with Gasteiger partial charge in [0.25, 0.3) is 0 Å². The Labute approximate surface area is 249 Å². The van der Waals surface area contributed by atoms with Gasteiger partial charge >= 0.3 is 0 Å². The van der Waals surface area contributed by atoms with Crippen LogP contribution in [0.2, 0.25) is 0 Å². The van der Waals surface area contributed by atoms with Crippen molar-refractivity contribution in [1.29, 1.82) is 0 Å². The number of rotatable bonds is 10. The molecule has 0 aliphatic heterocycles. The monoisotopic (exact) mass is 586 g/mol. The second-order valence-corrected chi connectivity index (χ2v) is 15.6. The fourth-order valence-electron chi connectivity index (χ4n) is 4.58. The molecule has 0 spiro atoms. The minimum absolute atomic E-state index is 0.0437. The molecule has 1 fully saturated rings. The van der Waals surface area contributed by atoms with Crippen molar-refractivity contribution in [3.63, 3.8) is 0 Å². The van der Waals surface area contributed by atoms with E-state index in [0.717, 1.165) is 58.1 Å². The zero-order valence-electron chi connectivity index (χ0n) is 25.8. The predicted molar refractivity (Wildman–Crippen MR) is 172 cm³/mol. The number of hydrogen-bond donors (Lipinski definition) is 0. The normalized spacial score (nSPS) is 18.4. The Morgan fingerprint density at radius 1 is 0.600 bits per heavy atom. The van der Waals surface area contributed by atoms with Gasteiger partial charge < -0.3 is 18.9 Å². The SMILES string of the molecule is COc1cc(C=NC2CCCCC2N=Cc2cc(OC)c(OC)cc2SC(C)(C)C)c(SC(C)(C)C)cc1OC. The largest absolute Gasteiger partial charge is 0.493 e. The minimum Gasteiger partial charge on any atom is -0.493 e. The van der Waals surface area contributed by atoms with Gasteiger partial charge in [-0.05, 0) is 37.1 Å². The maximum atomic E-state index is 5.60. The molecular formula is C32H46N2O4S2. The van der Waals surface area contributed by atoms with E-state index in [4.69, 9.17) is 28.9 Å². The van der Waals surface area contributed by atoms with Crippen LogP contribution in [0.3, 0.4) is 0 Å². The van der Waals surface area contributed by atoms with E-state index >= 15 is 0 Å². The summed E-state index contributed by atoms with van der Waals surface area (Å²) >= 11 is 3.61. The highest BCUT2D eigenvalue weighted by Crippen LogP contribution is 2.41. The molecule has 1 aliphatic rings. The number of ether oxygens (including phenoxy) is 4. The molecule has 3 rings (SSSR count). The summed E-state index contributed by atoms with van der Waals surface area (Å²) < 4.78 is 22.5. The Morgan fingerprint density at radius 2 is 0.925 bits per heavy atom. The van der Waals surface area contributed by atoms with Crippen LogP contribution in [0.15, 0.2) is 44.0 Å². The highest BCUT2D eigenvalue weighted by atomic mass is 32.2. The van der Waals surface area contributed by atoms with Gasteiger partial charge in [0.1, 0.15) is 0 Å². The fourth-order valence-corrected chi connectivity index (χ4v) is 6.69. The average molecular weight is 587 g/mol. The van der Waals surface area contributed by atoms with E-state index < -0.39 is 0 Å². The summed E-state index contributed by atoms with van der Waals surface area (Å²) in [4.78, 5) is 12.5. The predicted octanol–water partition coefficient (Wildman–Crippen LogP) is 8.35. The average Bonchev–Trinajstić information content (AvgIpc) is 2.89. The molecule has 0 saturated heterocycles. The van der Waals surface area contributed by atoms with Gasteiger partial charge in [0, 0.05) is 42.8 Å². The van der Waals surface area contributed by atoms with Gasteiger partial charge in [-0.3, -0.25) is 9.98 Å². The minimum atomic E-state index is 0.0437. The quantitative estimate of drug-likeness (QED) is 0.206. The molecular weight excluding hydrogens is 540 g/mol. The molecule has 0 bridgehead atoms. The Hall–Kier alpha value is -2.32. The second kappa shape index (κ2) is 14.0.